The van der Waals surface area contributed by atoms with Gasteiger partial charge in [-0.05, 0) is 31.4 Å². The van der Waals surface area contributed by atoms with Gasteiger partial charge in [0, 0.05) is 17.9 Å². The normalized spacial score (nSPS) is 20.2. The van der Waals surface area contributed by atoms with Crippen LogP contribution in [0.5, 0.6) is 0 Å². The predicted molar refractivity (Wildman–Crippen MR) is 83.3 cm³/mol. The lowest BCUT2D eigenvalue weighted by Crippen LogP contribution is -2.41. The number of benzene rings is 1. The Kier molecular flexibility index (Phi) is 5.28. The van der Waals surface area contributed by atoms with Gasteiger partial charge in [-0.25, -0.2) is 0 Å². The van der Waals surface area contributed by atoms with Crippen molar-refractivity contribution in [3.8, 4) is 0 Å². The van der Waals surface area contributed by atoms with Crippen molar-refractivity contribution in [2.75, 3.05) is 11.9 Å². The molecule has 1 aromatic carbocycles. The molecule has 1 aromatic rings. The van der Waals surface area contributed by atoms with Crippen LogP contribution >= 0.6 is 27.5 Å². The minimum absolute atomic E-state index is 0.0695. The van der Waals surface area contributed by atoms with Gasteiger partial charge in [-0.15, -0.1) is 0 Å². The summed E-state index contributed by atoms with van der Waals surface area (Å²) in [6.45, 7) is 2.77. The fourth-order valence-electron chi connectivity index (χ4n) is 2.57. The Labute approximate surface area is 128 Å². The van der Waals surface area contributed by atoms with E-state index in [1.807, 2.05) is 30.0 Å². The molecule has 0 radical (unpaired) electrons. The molecule has 4 heteroatoms. The number of rotatable bonds is 2. The van der Waals surface area contributed by atoms with Gasteiger partial charge in [0.1, 0.15) is 0 Å². The molecule has 2 nitrogen and oxygen atoms in total. The van der Waals surface area contributed by atoms with E-state index in [1.54, 1.807) is 0 Å². The van der Waals surface area contributed by atoms with Gasteiger partial charge in [-0.1, -0.05) is 52.5 Å². The van der Waals surface area contributed by atoms with Crippen molar-refractivity contribution in [3.63, 3.8) is 0 Å². The van der Waals surface area contributed by atoms with Crippen LogP contribution in [0.3, 0.4) is 0 Å². The summed E-state index contributed by atoms with van der Waals surface area (Å²) >= 11 is 9.81. The van der Waals surface area contributed by atoms with E-state index in [4.69, 9.17) is 11.6 Å². The minimum Gasteiger partial charge on any atom is -0.335 e. The first-order chi connectivity index (χ1) is 9.15. The maximum atomic E-state index is 12.7. The van der Waals surface area contributed by atoms with Crippen LogP contribution in [0.4, 0.5) is 0 Å². The van der Waals surface area contributed by atoms with Crippen molar-refractivity contribution in [2.45, 2.75) is 38.6 Å². The van der Waals surface area contributed by atoms with Crippen LogP contribution in [-0.4, -0.2) is 28.7 Å². The lowest BCUT2D eigenvalue weighted by molar-refractivity contribution is 0.0702. The summed E-state index contributed by atoms with van der Waals surface area (Å²) in [5.41, 5.74) is 1.59. The van der Waals surface area contributed by atoms with Gasteiger partial charge in [-0.3, -0.25) is 4.79 Å². The number of alkyl halides is 1. The predicted octanol–water partition coefficient (Wildman–Crippen LogP) is 4.43. The number of likely N-dealkylation sites (tertiary alicyclic amines) is 1. The number of amides is 1. The van der Waals surface area contributed by atoms with E-state index < -0.39 is 0 Å². The topological polar surface area (TPSA) is 20.3 Å². The number of hydrogen-bond acceptors (Lipinski definition) is 1. The van der Waals surface area contributed by atoms with Crippen LogP contribution < -0.4 is 0 Å². The molecule has 0 bridgehead atoms. The number of hydrogen-bond donors (Lipinski definition) is 0. The lowest BCUT2D eigenvalue weighted by atomic mass is 10.1. The molecule has 0 N–H and O–H groups in total. The van der Waals surface area contributed by atoms with Crippen molar-refractivity contribution in [3.05, 3.63) is 34.3 Å². The number of halogens is 2. The van der Waals surface area contributed by atoms with Crippen molar-refractivity contribution < 1.29 is 4.79 Å². The summed E-state index contributed by atoms with van der Waals surface area (Å²) in [5.74, 6) is 0.0695. The third-order valence-electron chi connectivity index (χ3n) is 3.74. The molecular weight excluding hydrogens is 326 g/mol. The van der Waals surface area contributed by atoms with Gasteiger partial charge in [0.05, 0.1) is 10.6 Å². The fraction of sp³-hybridized carbons (Fsp3) is 0.533. The van der Waals surface area contributed by atoms with E-state index in [-0.39, 0.29) is 11.9 Å². The Morgan fingerprint density at radius 3 is 2.95 bits per heavy atom. The average molecular weight is 345 g/mol. The molecule has 1 heterocycles. The summed E-state index contributed by atoms with van der Waals surface area (Å²) in [6.07, 6.45) is 4.55. The molecule has 1 amide bonds. The highest BCUT2D eigenvalue weighted by Gasteiger charge is 2.26. The SMILES string of the molecule is Cc1cccc(C(=O)N2CCCCCC2CBr)c1Cl. The zero-order chi connectivity index (χ0) is 13.8. The smallest absolute Gasteiger partial charge is 0.255 e. The number of carbonyl (C=O) groups excluding carboxylic acids is 1. The maximum Gasteiger partial charge on any atom is 0.255 e. The van der Waals surface area contributed by atoms with Gasteiger partial charge in [0.15, 0.2) is 0 Å². The molecule has 1 aliphatic heterocycles. The largest absolute Gasteiger partial charge is 0.335 e. The van der Waals surface area contributed by atoms with E-state index in [2.05, 4.69) is 15.9 Å². The second-order valence-electron chi connectivity index (χ2n) is 5.09. The molecule has 0 aromatic heterocycles. The zero-order valence-electron chi connectivity index (χ0n) is 11.2. The molecule has 1 saturated heterocycles. The van der Waals surface area contributed by atoms with Gasteiger partial charge < -0.3 is 4.90 Å². The average Bonchev–Trinajstić information content (AvgIpc) is 2.66. The van der Waals surface area contributed by atoms with Crippen LogP contribution in [0.25, 0.3) is 0 Å². The van der Waals surface area contributed by atoms with E-state index in [0.717, 1.165) is 30.3 Å². The highest BCUT2D eigenvalue weighted by molar-refractivity contribution is 9.09. The molecule has 0 aliphatic carbocycles. The third kappa shape index (κ3) is 3.32. The Morgan fingerprint density at radius 2 is 2.21 bits per heavy atom. The first kappa shape index (κ1) is 14.9. The Morgan fingerprint density at radius 1 is 1.42 bits per heavy atom. The molecule has 0 saturated carbocycles. The quantitative estimate of drug-likeness (QED) is 0.727. The van der Waals surface area contributed by atoms with Gasteiger partial charge in [0.2, 0.25) is 0 Å². The van der Waals surface area contributed by atoms with Gasteiger partial charge in [0.25, 0.3) is 5.91 Å². The molecule has 1 aliphatic rings. The number of nitrogens with zero attached hydrogens (tertiary/aromatic N) is 1. The second kappa shape index (κ2) is 6.76. The van der Waals surface area contributed by atoms with Crippen LogP contribution in [-0.2, 0) is 0 Å². The molecular formula is C15H19BrClNO. The zero-order valence-corrected chi connectivity index (χ0v) is 13.5. The highest BCUT2D eigenvalue weighted by Crippen LogP contribution is 2.25. The fourth-order valence-corrected chi connectivity index (χ4v) is 3.45. The second-order valence-corrected chi connectivity index (χ2v) is 6.12. The summed E-state index contributed by atoms with van der Waals surface area (Å²) in [7, 11) is 0. The van der Waals surface area contributed by atoms with Crippen LogP contribution in [0.2, 0.25) is 5.02 Å². The molecule has 2 rings (SSSR count). The summed E-state index contributed by atoms with van der Waals surface area (Å²) < 4.78 is 0. The Hall–Kier alpha value is -0.540. The first-order valence-corrected chi connectivity index (χ1v) is 8.27. The Bertz CT molecular complexity index is 463. The molecule has 0 spiro atoms. The molecule has 104 valence electrons. The summed E-state index contributed by atoms with van der Waals surface area (Å²) in [5, 5.41) is 1.42. The van der Waals surface area contributed by atoms with Crippen molar-refractivity contribution in [2.24, 2.45) is 0 Å². The standard InChI is InChI=1S/C15H19BrClNO/c1-11-6-5-8-13(14(11)17)15(19)18-9-4-2-3-7-12(18)10-16/h5-6,8,12H,2-4,7,9-10H2,1H3. The molecule has 1 atom stereocenters. The minimum atomic E-state index is 0.0695. The lowest BCUT2D eigenvalue weighted by Gasteiger charge is -2.29. The monoisotopic (exact) mass is 343 g/mol. The van der Waals surface area contributed by atoms with Crippen molar-refractivity contribution in [1.82, 2.24) is 4.90 Å². The highest BCUT2D eigenvalue weighted by atomic mass is 79.9. The molecule has 1 unspecified atom stereocenters. The van der Waals surface area contributed by atoms with E-state index in [9.17, 15) is 4.79 Å². The van der Waals surface area contributed by atoms with Crippen molar-refractivity contribution >= 4 is 33.4 Å². The van der Waals surface area contributed by atoms with E-state index >= 15 is 0 Å². The van der Waals surface area contributed by atoms with Crippen LogP contribution in [0.15, 0.2) is 18.2 Å². The Balaban J connectivity index is 2.28. The van der Waals surface area contributed by atoms with E-state index in [1.165, 1.54) is 12.8 Å². The maximum absolute atomic E-state index is 12.7. The molecule has 1 fully saturated rings. The van der Waals surface area contributed by atoms with Crippen LogP contribution in [0.1, 0.15) is 41.6 Å². The van der Waals surface area contributed by atoms with Crippen LogP contribution in [0, 0.1) is 6.92 Å². The van der Waals surface area contributed by atoms with Gasteiger partial charge in [-0.2, -0.15) is 0 Å². The summed E-state index contributed by atoms with van der Waals surface area (Å²) in [6, 6.07) is 5.94. The number of carbonyl (C=O) groups is 1. The first-order valence-electron chi connectivity index (χ1n) is 6.77. The molecule has 19 heavy (non-hydrogen) atoms. The third-order valence-corrected chi connectivity index (χ3v) is 4.99. The van der Waals surface area contributed by atoms with E-state index in [0.29, 0.717) is 10.6 Å². The van der Waals surface area contributed by atoms with Crippen molar-refractivity contribution in [1.29, 1.82) is 0 Å². The number of aryl methyl sites for hydroxylation is 1. The van der Waals surface area contributed by atoms with Gasteiger partial charge >= 0.3 is 0 Å². The summed E-state index contributed by atoms with van der Waals surface area (Å²) in [4.78, 5) is 14.7.